The van der Waals surface area contributed by atoms with Crippen LogP contribution in [0.3, 0.4) is 0 Å². The Morgan fingerprint density at radius 3 is 2.48 bits per heavy atom. The standard InChI is InChI=1S/C31H27F4N3O3S/c1-4-6-21-7-5-8-29(37-21)38-42(39,40)22-10-12-25-28(18-22)41-16-15-30(25,3)24-11-9-20(31(33,34)35)17-23(24)27-14-13-26(32)19(2)36-27/h4-14,17-18H,15-16H2,1-3H3,(H,37,38)/b6-4+/t30-/m0/s1. The lowest BCUT2D eigenvalue weighted by molar-refractivity contribution is -0.137. The first kappa shape index (κ1) is 29.2. The van der Waals surface area contributed by atoms with Crippen LogP contribution in [-0.4, -0.2) is 25.0 Å². The average molecular weight is 598 g/mol. The Hall–Kier alpha value is -4.25. The number of alkyl halides is 3. The van der Waals surface area contributed by atoms with Gasteiger partial charge in [0, 0.05) is 22.6 Å². The highest BCUT2D eigenvalue weighted by atomic mass is 32.2. The molecule has 42 heavy (non-hydrogen) atoms. The minimum atomic E-state index is -4.60. The Bertz CT molecular complexity index is 1810. The Morgan fingerprint density at radius 1 is 1.00 bits per heavy atom. The zero-order chi connectivity index (χ0) is 30.3. The van der Waals surface area contributed by atoms with Gasteiger partial charge in [-0.2, -0.15) is 13.2 Å². The van der Waals surface area contributed by atoms with Gasteiger partial charge >= 0.3 is 6.18 Å². The molecule has 0 fully saturated rings. The summed E-state index contributed by atoms with van der Waals surface area (Å²) in [5, 5.41) is 0. The number of nitrogens with one attached hydrogen (secondary N) is 1. The number of sulfonamides is 1. The van der Waals surface area contributed by atoms with Gasteiger partial charge in [-0.25, -0.2) is 17.8 Å². The van der Waals surface area contributed by atoms with Crippen molar-refractivity contribution in [2.45, 2.75) is 43.7 Å². The van der Waals surface area contributed by atoms with Crippen LogP contribution in [0.4, 0.5) is 23.4 Å². The van der Waals surface area contributed by atoms with E-state index in [1.807, 2.05) is 13.8 Å². The van der Waals surface area contributed by atoms with Crippen LogP contribution in [0.25, 0.3) is 17.3 Å². The highest BCUT2D eigenvalue weighted by molar-refractivity contribution is 7.92. The summed E-state index contributed by atoms with van der Waals surface area (Å²) in [6.45, 7) is 5.31. The molecule has 3 heterocycles. The number of ether oxygens (including phenoxy) is 1. The van der Waals surface area contributed by atoms with Crippen LogP contribution in [-0.2, 0) is 21.6 Å². The molecule has 4 aromatic rings. The van der Waals surface area contributed by atoms with Crippen molar-refractivity contribution in [3.05, 3.63) is 107 Å². The van der Waals surface area contributed by atoms with Crippen molar-refractivity contribution in [3.8, 4) is 17.0 Å². The average Bonchev–Trinajstić information content (AvgIpc) is 2.94. The fourth-order valence-corrected chi connectivity index (χ4v) is 6.12. The molecule has 0 radical (unpaired) electrons. The number of hydrogen-bond acceptors (Lipinski definition) is 5. The van der Waals surface area contributed by atoms with Gasteiger partial charge in [-0.15, -0.1) is 0 Å². The molecule has 0 aliphatic carbocycles. The number of aryl methyl sites for hydroxylation is 1. The van der Waals surface area contributed by atoms with Crippen LogP contribution >= 0.6 is 0 Å². The second kappa shape index (κ2) is 10.9. The van der Waals surface area contributed by atoms with Gasteiger partial charge in [0.2, 0.25) is 0 Å². The van der Waals surface area contributed by atoms with E-state index in [0.29, 0.717) is 23.2 Å². The van der Waals surface area contributed by atoms with Gasteiger partial charge in [0.15, 0.2) is 0 Å². The summed E-state index contributed by atoms with van der Waals surface area (Å²) in [4.78, 5) is 8.46. The first-order chi connectivity index (χ1) is 19.8. The maximum Gasteiger partial charge on any atom is 0.416 e. The molecular weight excluding hydrogens is 570 g/mol. The van der Waals surface area contributed by atoms with Crippen LogP contribution < -0.4 is 9.46 Å². The van der Waals surface area contributed by atoms with Gasteiger partial charge in [-0.1, -0.05) is 31.2 Å². The first-order valence-corrected chi connectivity index (χ1v) is 14.6. The summed E-state index contributed by atoms with van der Waals surface area (Å²) in [7, 11) is -4.05. The van der Waals surface area contributed by atoms with E-state index in [9.17, 15) is 26.0 Å². The highest BCUT2D eigenvalue weighted by Gasteiger charge is 2.39. The van der Waals surface area contributed by atoms with Crippen molar-refractivity contribution in [2.24, 2.45) is 0 Å². The van der Waals surface area contributed by atoms with Crippen molar-refractivity contribution >= 4 is 21.9 Å². The third kappa shape index (κ3) is 5.61. The molecule has 0 saturated heterocycles. The monoisotopic (exact) mass is 597 g/mol. The molecule has 0 bridgehead atoms. The Morgan fingerprint density at radius 2 is 1.76 bits per heavy atom. The van der Waals surface area contributed by atoms with Gasteiger partial charge in [0.1, 0.15) is 17.4 Å². The Labute approximate surface area is 241 Å². The lowest BCUT2D eigenvalue weighted by Gasteiger charge is -2.38. The summed E-state index contributed by atoms with van der Waals surface area (Å²) in [5.74, 6) is -0.136. The summed E-state index contributed by atoms with van der Waals surface area (Å²) < 4.78 is 90.1. The number of nitrogens with zero attached hydrogens (tertiary/aromatic N) is 2. The summed E-state index contributed by atoms with van der Waals surface area (Å²) in [6.07, 6.45) is -0.684. The molecule has 1 atom stereocenters. The van der Waals surface area contributed by atoms with E-state index in [-0.39, 0.29) is 40.0 Å². The highest BCUT2D eigenvalue weighted by Crippen LogP contribution is 2.48. The van der Waals surface area contributed by atoms with Crippen molar-refractivity contribution in [1.29, 1.82) is 0 Å². The van der Waals surface area contributed by atoms with Crippen LogP contribution in [0.1, 0.15) is 48.3 Å². The largest absolute Gasteiger partial charge is 0.493 e. The van der Waals surface area contributed by atoms with E-state index in [1.165, 1.54) is 43.3 Å². The van der Waals surface area contributed by atoms with Crippen LogP contribution in [0.2, 0.25) is 0 Å². The third-order valence-electron chi connectivity index (χ3n) is 7.30. The van der Waals surface area contributed by atoms with E-state index in [4.69, 9.17) is 4.74 Å². The summed E-state index contributed by atoms with van der Waals surface area (Å²) >= 11 is 0. The summed E-state index contributed by atoms with van der Waals surface area (Å²) in [5.41, 5.74) is 0.421. The molecular formula is C31H27F4N3O3S. The van der Waals surface area contributed by atoms with Crippen molar-refractivity contribution in [2.75, 3.05) is 11.3 Å². The fraction of sp³-hybridized carbons (Fsp3) is 0.226. The number of allylic oxidation sites excluding steroid dienone is 1. The van der Waals surface area contributed by atoms with Gasteiger partial charge in [-0.3, -0.25) is 9.71 Å². The van der Waals surface area contributed by atoms with Gasteiger partial charge in [-0.05, 0) is 74.4 Å². The molecule has 0 spiro atoms. The van der Waals surface area contributed by atoms with Crippen molar-refractivity contribution in [3.63, 3.8) is 0 Å². The van der Waals surface area contributed by atoms with Crippen molar-refractivity contribution in [1.82, 2.24) is 9.97 Å². The lowest BCUT2D eigenvalue weighted by Crippen LogP contribution is -2.32. The molecule has 0 unspecified atom stereocenters. The Kier molecular flexibility index (Phi) is 7.57. The second-order valence-electron chi connectivity index (χ2n) is 10.2. The molecule has 5 rings (SSSR count). The summed E-state index contributed by atoms with van der Waals surface area (Å²) in [6, 6.07) is 15.4. The predicted octanol–water partition coefficient (Wildman–Crippen LogP) is 7.53. The quantitative estimate of drug-likeness (QED) is 0.233. The van der Waals surface area contributed by atoms with Gasteiger partial charge in [0.05, 0.1) is 34.1 Å². The zero-order valence-electron chi connectivity index (χ0n) is 23.0. The van der Waals surface area contributed by atoms with E-state index in [2.05, 4.69) is 14.7 Å². The third-order valence-corrected chi connectivity index (χ3v) is 8.66. The SMILES string of the molecule is C/C=C/c1cccc(NS(=O)(=O)c2ccc3c(c2)OCC[C@@]3(C)c2ccc(C(F)(F)F)cc2-c2ccc(F)c(C)n2)n1. The molecule has 0 saturated carbocycles. The molecule has 6 nitrogen and oxygen atoms in total. The van der Waals surface area contributed by atoms with Crippen molar-refractivity contribution < 1.29 is 30.7 Å². The number of hydrogen-bond donors (Lipinski definition) is 1. The number of benzene rings is 2. The lowest BCUT2D eigenvalue weighted by atomic mass is 9.70. The molecule has 1 aliphatic heterocycles. The zero-order valence-corrected chi connectivity index (χ0v) is 23.8. The minimum absolute atomic E-state index is 0.0569. The number of fused-ring (bicyclic) bond motifs is 1. The van der Waals surface area contributed by atoms with Crippen LogP contribution in [0.5, 0.6) is 5.75 Å². The van der Waals surface area contributed by atoms with Gasteiger partial charge < -0.3 is 4.74 Å². The first-order valence-electron chi connectivity index (χ1n) is 13.1. The minimum Gasteiger partial charge on any atom is -0.493 e. The number of pyridine rings is 2. The predicted molar refractivity (Wildman–Crippen MR) is 152 cm³/mol. The van der Waals surface area contributed by atoms with E-state index < -0.39 is 33.0 Å². The molecule has 1 aliphatic rings. The molecule has 0 amide bonds. The number of halogens is 4. The number of aromatic nitrogens is 2. The Balaban J connectivity index is 1.59. The molecule has 218 valence electrons. The van der Waals surface area contributed by atoms with Crippen LogP contribution in [0.15, 0.2) is 77.7 Å². The van der Waals surface area contributed by atoms with Crippen LogP contribution in [0, 0.1) is 12.7 Å². The topological polar surface area (TPSA) is 81.2 Å². The normalized spacial score (nSPS) is 17.1. The fourth-order valence-electron chi connectivity index (χ4n) is 5.10. The maximum atomic E-state index is 14.0. The van der Waals surface area contributed by atoms with E-state index >= 15 is 0 Å². The number of anilines is 1. The van der Waals surface area contributed by atoms with E-state index in [1.54, 1.807) is 30.4 Å². The number of rotatable bonds is 6. The maximum absolute atomic E-state index is 14.0. The van der Waals surface area contributed by atoms with E-state index in [0.717, 1.165) is 12.1 Å². The smallest absolute Gasteiger partial charge is 0.416 e. The second-order valence-corrected chi connectivity index (χ2v) is 11.8. The molecule has 1 N–H and O–H groups in total. The molecule has 2 aromatic carbocycles. The molecule has 11 heteroatoms. The van der Waals surface area contributed by atoms with Gasteiger partial charge in [0.25, 0.3) is 10.0 Å². The molecule has 2 aromatic heterocycles.